The fourth-order valence-electron chi connectivity index (χ4n) is 3.99. The number of nitrogens with one attached hydrogen (secondary N) is 2. The molecule has 39 heavy (non-hydrogen) atoms. The van der Waals surface area contributed by atoms with E-state index in [4.69, 9.17) is 25.5 Å². The van der Waals surface area contributed by atoms with Gasteiger partial charge in [-0.3, -0.25) is 4.79 Å². The van der Waals surface area contributed by atoms with Gasteiger partial charge in [0.25, 0.3) is 5.91 Å². The fourth-order valence-corrected chi connectivity index (χ4v) is 5.12. The van der Waals surface area contributed by atoms with Crippen LogP contribution in [0.4, 0.5) is 0 Å². The Balaban J connectivity index is 1.49. The van der Waals surface area contributed by atoms with Crippen LogP contribution in [-0.4, -0.2) is 30.2 Å². The zero-order valence-electron chi connectivity index (χ0n) is 20.1. The van der Waals surface area contributed by atoms with Crippen molar-refractivity contribution in [1.82, 2.24) is 10.4 Å². The highest BCUT2D eigenvalue weighted by molar-refractivity contribution is 9.11. The lowest BCUT2D eigenvalue weighted by atomic mass is 10.0. The number of hydrazone groups is 1. The van der Waals surface area contributed by atoms with Gasteiger partial charge < -0.3 is 18.9 Å². The van der Waals surface area contributed by atoms with Gasteiger partial charge in [-0.2, -0.15) is 5.10 Å². The molecule has 0 unspecified atom stereocenters. The Morgan fingerprint density at radius 1 is 1.05 bits per heavy atom. The molecular formula is C28H18Br2ClN3O5. The van der Waals surface area contributed by atoms with Gasteiger partial charge in [-0.25, -0.2) is 10.2 Å². The Morgan fingerprint density at radius 2 is 1.85 bits per heavy atom. The molecule has 0 spiro atoms. The molecular weight excluding hydrogens is 654 g/mol. The molecule has 196 valence electrons. The molecule has 2 N–H and O–H groups in total. The van der Waals surface area contributed by atoms with Crippen molar-refractivity contribution in [2.75, 3.05) is 7.11 Å². The van der Waals surface area contributed by atoms with Crippen molar-refractivity contribution >= 4 is 72.5 Å². The van der Waals surface area contributed by atoms with Gasteiger partial charge in [0, 0.05) is 36.0 Å². The maximum absolute atomic E-state index is 13.4. The highest BCUT2D eigenvalue weighted by Gasteiger charge is 2.24. The molecule has 0 aliphatic heterocycles. The number of ether oxygens (including phenoxy) is 2. The number of rotatable bonds is 7. The summed E-state index contributed by atoms with van der Waals surface area (Å²) in [6.07, 6.45) is 2.76. The van der Waals surface area contributed by atoms with Gasteiger partial charge in [0.15, 0.2) is 0 Å². The number of hydrogen-bond acceptors (Lipinski definition) is 6. The predicted molar refractivity (Wildman–Crippen MR) is 156 cm³/mol. The minimum Gasteiger partial charge on any atom is -0.495 e. The van der Waals surface area contributed by atoms with E-state index in [0.29, 0.717) is 33.0 Å². The van der Waals surface area contributed by atoms with Crippen molar-refractivity contribution in [3.8, 4) is 22.6 Å². The second-order valence-corrected chi connectivity index (χ2v) is 10.3. The molecule has 5 rings (SSSR count). The zero-order valence-corrected chi connectivity index (χ0v) is 24.1. The maximum atomic E-state index is 13.4. The van der Waals surface area contributed by atoms with Gasteiger partial charge >= 0.3 is 5.97 Å². The lowest BCUT2D eigenvalue weighted by Crippen LogP contribution is -2.19. The van der Waals surface area contributed by atoms with Crippen LogP contribution in [0, 0.1) is 0 Å². The molecule has 3 aromatic carbocycles. The predicted octanol–water partition coefficient (Wildman–Crippen LogP) is 7.60. The monoisotopic (exact) mass is 669 g/mol. The number of hydrogen-bond donors (Lipinski definition) is 2. The van der Waals surface area contributed by atoms with Gasteiger partial charge in [-0.1, -0.05) is 61.7 Å². The van der Waals surface area contributed by atoms with Crippen molar-refractivity contribution < 1.29 is 23.5 Å². The van der Waals surface area contributed by atoms with Crippen molar-refractivity contribution in [2.45, 2.75) is 0 Å². The van der Waals surface area contributed by atoms with Crippen LogP contribution in [0.15, 0.2) is 91.5 Å². The van der Waals surface area contributed by atoms with E-state index < -0.39 is 11.9 Å². The van der Waals surface area contributed by atoms with Crippen molar-refractivity contribution in [2.24, 2.45) is 5.10 Å². The lowest BCUT2D eigenvalue weighted by Gasteiger charge is -2.08. The van der Waals surface area contributed by atoms with E-state index >= 15 is 0 Å². The summed E-state index contributed by atoms with van der Waals surface area (Å²) in [6.45, 7) is 0. The molecule has 2 aromatic heterocycles. The summed E-state index contributed by atoms with van der Waals surface area (Å²) in [5.74, 6) is -0.338. The Bertz CT molecular complexity index is 1730. The number of halogens is 3. The van der Waals surface area contributed by atoms with Crippen LogP contribution in [0.25, 0.3) is 22.0 Å². The molecule has 2 heterocycles. The van der Waals surface area contributed by atoms with E-state index in [9.17, 15) is 9.59 Å². The van der Waals surface area contributed by atoms with E-state index in [1.54, 1.807) is 43.5 Å². The maximum Gasteiger partial charge on any atom is 0.379 e. The quantitative estimate of drug-likeness (QED) is 0.0803. The Kier molecular flexibility index (Phi) is 7.87. The molecule has 11 heteroatoms. The number of fused-ring (bicyclic) bond motifs is 1. The third-order valence-electron chi connectivity index (χ3n) is 5.72. The molecule has 0 saturated carbocycles. The summed E-state index contributed by atoms with van der Waals surface area (Å²) >= 11 is 13.5. The first-order valence-electron chi connectivity index (χ1n) is 11.4. The first-order chi connectivity index (χ1) is 18.9. The number of benzene rings is 3. The number of H-pyrrole nitrogens is 1. The van der Waals surface area contributed by atoms with Gasteiger partial charge in [0.2, 0.25) is 5.76 Å². The Hall–Kier alpha value is -3.86. The minimum atomic E-state index is -0.664. The van der Waals surface area contributed by atoms with Gasteiger partial charge in [0.05, 0.1) is 25.1 Å². The highest BCUT2D eigenvalue weighted by Crippen LogP contribution is 2.42. The first-order valence-corrected chi connectivity index (χ1v) is 13.4. The molecule has 0 aliphatic carbocycles. The zero-order chi connectivity index (χ0) is 27.5. The summed E-state index contributed by atoms with van der Waals surface area (Å²) in [7, 11) is 1.55. The Labute approximate surface area is 244 Å². The van der Waals surface area contributed by atoms with Crippen molar-refractivity contribution in [3.63, 3.8) is 0 Å². The number of furan rings is 1. The first kappa shape index (κ1) is 26.7. The molecule has 0 saturated heterocycles. The number of methoxy groups -OCH3 is 1. The third-order valence-corrected chi connectivity index (χ3v) is 7.21. The number of esters is 1. The van der Waals surface area contributed by atoms with Crippen molar-refractivity contribution in [3.05, 3.63) is 104 Å². The molecule has 0 bridgehead atoms. The number of aromatic amines is 1. The molecule has 0 atom stereocenters. The van der Waals surface area contributed by atoms with E-state index in [2.05, 4.69) is 47.4 Å². The topological polar surface area (TPSA) is 106 Å². The molecule has 1 amide bonds. The standard InChI is InChI=1S/C28H18Br2ClN3O5/c1-37-21-11-9-18(30)24-23(17-5-2-3-6-19(17)31)26(33-25(21)24)27(35)34-32-14-15-13-16(29)8-10-20(15)39-28(36)22-7-4-12-38-22/h2-14,33H,1H3,(H,34,35). The van der Waals surface area contributed by atoms with Crippen LogP contribution in [0.1, 0.15) is 26.6 Å². The molecule has 0 fully saturated rings. The van der Waals surface area contributed by atoms with Gasteiger partial charge in [-0.05, 0) is 48.5 Å². The van der Waals surface area contributed by atoms with Crippen LogP contribution in [0.5, 0.6) is 11.5 Å². The van der Waals surface area contributed by atoms with Crippen LogP contribution < -0.4 is 14.9 Å². The van der Waals surface area contributed by atoms with Gasteiger partial charge in [-0.15, -0.1) is 0 Å². The highest BCUT2D eigenvalue weighted by atomic mass is 79.9. The van der Waals surface area contributed by atoms with Crippen LogP contribution >= 0.6 is 43.5 Å². The summed E-state index contributed by atoms with van der Waals surface area (Å²) in [6, 6.07) is 19.0. The summed E-state index contributed by atoms with van der Waals surface area (Å²) in [5.41, 5.74) is 5.09. The number of amides is 1. The molecule has 8 nitrogen and oxygen atoms in total. The summed E-state index contributed by atoms with van der Waals surface area (Å²) in [4.78, 5) is 29.0. The SMILES string of the molecule is COc1ccc(Br)c2c(-c3ccccc3Cl)c(C(=O)NN=Cc3cc(Br)ccc3OC(=O)c3ccco3)[nH]c12. The second kappa shape index (κ2) is 11.5. The van der Waals surface area contributed by atoms with Crippen molar-refractivity contribution in [1.29, 1.82) is 0 Å². The second-order valence-electron chi connectivity index (χ2n) is 8.10. The number of nitrogens with zero attached hydrogens (tertiary/aromatic N) is 1. The van der Waals surface area contributed by atoms with Crippen LogP contribution in [-0.2, 0) is 0 Å². The number of carbonyl (C=O) groups is 2. The van der Waals surface area contributed by atoms with E-state index in [0.717, 1.165) is 14.3 Å². The lowest BCUT2D eigenvalue weighted by molar-refractivity contribution is 0.0700. The van der Waals surface area contributed by atoms with E-state index in [1.165, 1.54) is 18.5 Å². The molecule has 0 aliphatic rings. The van der Waals surface area contributed by atoms with E-state index in [1.807, 2.05) is 24.3 Å². The smallest absolute Gasteiger partial charge is 0.379 e. The van der Waals surface area contributed by atoms with Crippen LogP contribution in [0.2, 0.25) is 5.02 Å². The molecule has 0 radical (unpaired) electrons. The fraction of sp³-hybridized carbons (Fsp3) is 0.0357. The number of carbonyl (C=O) groups excluding carboxylic acids is 2. The largest absolute Gasteiger partial charge is 0.495 e. The Morgan fingerprint density at radius 3 is 2.59 bits per heavy atom. The average molecular weight is 672 g/mol. The van der Waals surface area contributed by atoms with Gasteiger partial charge in [0.1, 0.15) is 17.2 Å². The van der Waals surface area contributed by atoms with E-state index in [-0.39, 0.29) is 17.2 Å². The number of aromatic nitrogens is 1. The summed E-state index contributed by atoms with van der Waals surface area (Å²) in [5, 5.41) is 5.33. The van der Waals surface area contributed by atoms with Crippen LogP contribution in [0.3, 0.4) is 0 Å². The third kappa shape index (κ3) is 5.49. The summed E-state index contributed by atoms with van der Waals surface area (Å²) < 4.78 is 17.6. The minimum absolute atomic E-state index is 0.0570. The molecule has 5 aromatic rings. The normalized spacial score (nSPS) is 11.2. The average Bonchev–Trinajstić information content (AvgIpc) is 3.60.